The van der Waals surface area contributed by atoms with Gasteiger partial charge in [-0.2, -0.15) is 0 Å². The van der Waals surface area contributed by atoms with Crippen molar-refractivity contribution < 1.29 is 18.7 Å². The van der Waals surface area contributed by atoms with E-state index in [1.807, 2.05) is 25.1 Å². The minimum absolute atomic E-state index is 0.173. The zero-order valence-electron chi connectivity index (χ0n) is 16.0. The second kappa shape index (κ2) is 6.67. The van der Waals surface area contributed by atoms with E-state index in [-0.39, 0.29) is 12.7 Å². The van der Waals surface area contributed by atoms with E-state index in [1.54, 1.807) is 30.3 Å². The number of benzene rings is 3. The van der Waals surface area contributed by atoms with E-state index in [9.17, 15) is 4.79 Å². The maximum absolute atomic E-state index is 12.6. The summed E-state index contributed by atoms with van der Waals surface area (Å²) in [5.74, 6) is 1.55. The highest BCUT2D eigenvalue weighted by Gasteiger charge is 2.17. The molecule has 0 aliphatic carbocycles. The molecule has 1 aliphatic heterocycles. The van der Waals surface area contributed by atoms with Gasteiger partial charge in [-0.05, 0) is 61.9 Å². The van der Waals surface area contributed by atoms with Gasteiger partial charge in [0, 0.05) is 16.8 Å². The lowest BCUT2D eigenvalue weighted by molar-refractivity contribution is 0.102. The highest BCUT2D eigenvalue weighted by molar-refractivity contribution is 6.05. The minimum atomic E-state index is -0.235. The highest BCUT2D eigenvalue weighted by atomic mass is 16.7. The molecule has 1 aliphatic rings. The number of anilines is 1. The van der Waals surface area contributed by atoms with Gasteiger partial charge in [0.15, 0.2) is 17.1 Å². The van der Waals surface area contributed by atoms with Gasteiger partial charge in [-0.25, -0.2) is 4.98 Å². The Morgan fingerprint density at radius 1 is 0.966 bits per heavy atom. The van der Waals surface area contributed by atoms with Crippen molar-refractivity contribution in [3.63, 3.8) is 0 Å². The first-order valence-electron chi connectivity index (χ1n) is 9.26. The van der Waals surface area contributed by atoms with Gasteiger partial charge in [0.1, 0.15) is 5.52 Å². The van der Waals surface area contributed by atoms with Crippen molar-refractivity contribution in [3.05, 3.63) is 71.3 Å². The monoisotopic (exact) mass is 386 g/mol. The van der Waals surface area contributed by atoms with Crippen molar-refractivity contribution in [1.82, 2.24) is 4.98 Å². The Labute approximate surface area is 167 Å². The van der Waals surface area contributed by atoms with Crippen LogP contribution < -0.4 is 14.8 Å². The molecule has 6 nitrogen and oxygen atoms in total. The van der Waals surface area contributed by atoms with Crippen LogP contribution in [0, 0.1) is 13.8 Å². The zero-order valence-corrected chi connectivity index (χ0v) is 16.0. The van der Waals surface area contributed by atoms with Crippen LogP contribution in [0.5, 0.6) is 11.5 Å². The molecule has 0 saturated carbocycles. The summed E-state index contributed by atoms with van der Waals surface area (Å²) in [6.45, 7) is 4.26. The average Bonchev–Trinajstić information content (AvgIpc) is 3.33. The van der Waals surface area contributed by atoms with E-state index < -0.39 is 0 Å². The van der Waals surface area contributed by atoms with Gasteiger partial charge in [0.25, 0.3) is 5.91 Å². The minimum Gasteiger partial charge on any atom is -0.454 e. The standard InChI is InChI=1S/C23H18N2O4/c1-13-3-6-17(14(2)9-13)23-25-18-11-16(5-8-19(18)29-23)24-22(26)15-4-7-20-21(10-15)28-12-27-20/h3-11H,12H2,1-2H3,(H,24,26). The fraction of sp³-hybridized carbons (Fsp3) is 0.130. The number of hydrogen-bond donors (Lipinski definition) is 1. The molecule has 1 amide bonds. The van der Waals surface area contributed by atoms with E-state index in [4.69, 9.17) is 13.9 Å². The maximum Gasteiger partial charge on any atom is 0.255 e. The fourth-order valence-corrected chi connectivity index (χ4v) is 3.41. The molecule has 4 aromatic rings. The van der Waals surface area contributed by atoms with Gasteiger partial charge in [0.05, 0.1) is 0 Å². The largest absolute Gasteiger partial charge is 0.454 e. The van der Waals surface area contributed by atoms with Gasteiger partial charge in [-0.1, -0.05) is 17.7 Å². The Morgan fingerprint density at radius 3 is 2.69 bits per heavy atom. The van der Waals surface area contributed by atoms with Crippen LogP contribution in [0.2, 0.25) is 0 Å². The first kappa shape index (κ1) is 17.3. The molecule has 0 bridgehead atoms. The molecule has 2 heterocycles. The van der Waals surface area contributed by atoms with Gasteiger partial charge in [-0.15, -0.1) is 0 Å². The van der Waals surface area contributed by atoms with Crippen molar-refractivity contribution in [2.75, 3.05) is 12.1 Å². The van der Waals surface area contributed by atoms with Crippen molar-refractivity contribution in [2.24, 2.45) is 0 Å². The van der Waals surface area contributed by atoms with Crippen LogP contribution in [0.1, 0.15) is 21.5 Å². The van der Waals surface area contributed by atoms with Gasteiger partial charge in [-0.3, -0.25) is 4.79 Å². The molecule has 5 rings (SSSR count). The molecule has 0 atom stereocenters. The van der Waals surface area contributed by atoms with Crippen LogP contribution in [0.15, 0.2) is 59.0 Å². The molecule has 1 aromatic heterocycles. The topological polar surface area (TPSA) is 73.6 Å². The third-order valence-corrected chi connectivity index (χ3v) is 4.89. The van der Waals surface area contributed by atoms with Gasteiger partial charge >= 0.3 is 0 Å². The molecule has 29 heavy (non-hydrogen) atoms. The summed E-state index contributed by atoms with van der Waals surface area (Å²) in [7, 11) is 0. The highest BCUT2D eigenvalue weighted by Crippen LogP contribution is 2.33. The van der Waals surface area contributed by atoms with Crippen LogP contribution in [-0.4, -0.2) is 17.7 Å². The lowest BCUT2D eigenvalue weighted by atomic mass is 10.1. The van der Waals surface area contributed by atoms with Crippen LogP contribution >= 0.6 is 0 Å². The zero-order chi connectivity index (χ0) is 20.0. The van der Waals surface area contributed by atoms with Crippen LogP contribution in [0.3, 0.4) is 0 Å². The van der Waals surface area contributed by atoms with E-state index in [0.29, 0.717) is 39.7 Å². The summed E-state index contributed by atoms with van der Waals surface area (Å²) < 4.78 is 16.5. The molecule has 0 saturated heterocycles. The Morgan fingerprint density at radius 2 is 1.83 bits per heavy atom. The first-order valence-corrected chi connectivity index (χ1v) is 9.26. The van der Waals surface area contributed by atoms with E-state index in [0.717, 1.165) is 11.1 Å². The van der Waals surface area contributed by atoms with Crippen LogP contribution in [0.25, 0.3) is 22.6 Å². The van der Waals surface area contributed by atoms with Crippen molar-refractivity contribution in [3.8, 4) is 23.0 Å². The third kappa shape index (κ3) is 3.18. The number of hydrogen-bond acceptors (Lipinski definition) is 5. The third-order valence-electron chi connectivity index (χ3n) is 4.89. The molecule has 6 heteroatoms. The molecule has 0 spiro atoms. The summed E-state index contributed by atoms with van der Waals surface area (Å²) in [4.78, 5) is 17.2. The molecule has 144 valence electrons. The summed E-state index contributed by atoms with van der Waals surface area (Å²) in [5.41, 5.74) is 5.73. The quantitative estimate of drug-likeness (QED) is 0.531. The smallest absolute Gasteiger partial charge is 0.255 e. The number of aromatic nitrogens is 1. The number of aryl methyl sites for hydroxylation is 2. The molecular formula is C23H18N2O4. The van der Waals surface area contributed by atoms with Crippen molar-refractivity contribution >= 4 is 22.7 Å². The molecule has 0 fully saturated rings. The average molecular weight is 386 g/mol. The second-order valence-corrected chi connectivity index (χ2v) is 7.04. The number of nitrogens with zero attached hydrogens (tertiary/aromatic N) is 1. The number of rotatable bonds is 3. The Kier molecular flexibility index (Phi) is 3.98. The summed E-state index contributed by atoms with van der Waals surface area (Å²) >= 11 is 0. The number of carbonyl (C=O) groups excluding carboxylic acids is 1. The maximum atomic E-state index is 12.6. The molecule has 1 N–H and O–H groups in total. The molecular weight excluding hydrogens is 368 g/mol. The molecule has 3 aromatic carbocycles. The van der Waals surface area contributed by atoms with Gasteiger partial charge < -0.3 is 19.2 Å². The number of nitrogens with one attached hydrogen (secondary N) is 1. The van der Waals surface area contributed by atoms with E-state index >= 15 is 0 Å². The van der Waals surface area contributed by atoms with E-state index in [1.165, 1.54) is 5.56 Å². The van der Waals surface area contributed by atoms with Crippen molar-refractivity contribution in [1.29, 1.82) is 0 Å². The number of fused-ring (bicyclic) bond motifs is 2. The predicted octanol–water partition coefficient (Wildman–Crippen LogP) is 5.09. The Balaban J connectivity index is 1.42. The van der Waals surface area contributed by atoms with Gasteiger partial charge in [0.2, 0.25) is 12.7 Å². The molecule has 0 unspecified atom stereocenters. The lowest BCUT2D eigenvalue weighted by Crippen LogP contribution is -2.11. The van der Waals surface area contributed by atoms with Crippen LogP contribution in [0.4, 0.5) is 5.69 Å². The second-order valence-electron chi connectivity index (χ2n) is 7.04. The molecule has 0 radical (unpaired) electrons. The lowest BCUT2D eigenvalue weighted by Gasteiger charge is -2.05. The fourth-order valence-electron chi connectivity index (χ4n) is 3.41. The Hall–Kier alpha value is -3.80. The number of oxazole rings is 1. The summed E-state index contributed by atoms with van der Waals surface area (Å²) in [6, 6.07) is 16.7. The number of carbonyl (C=O) groups is 1. The predicted molar refractivity (Wildman–Crippen MR) is 109 cm³/mol. The first-order chi connectivity index (χ1) is 14.1. The number of ether oxygens (including phenoxy) is 2. The Bertz CT molecular complexity index is 1260. The number of amides is 1. The SMILES string of the molecule is Cc1ccc(-c2nc3cc(NC(=O)c4ccc5c(c4)OCO5)ccc3o2)c(C)c1. The normalized spacial score (nSPS) is 12.3. The van der Waals surface area contributed by atoms with E-state index in [2.05, 4.69) is 23.3 Å². The summed E-state index contributed by atoms with van der Waals surface area (Å²) in [6.07, 6.45) is 0. The van der Waals surface area contributed by atoms with Crippen LogP contribution in [-0.2, 0) is 0 Å². The van der Waals surface area contributed by atoms with Crippen molar-refractivity contribution in [2.45, 2.75) is 13.8 Å². The summed E-state index contributed by atoms with van der Waals surface area (Å²) in [5, 5.41) is 2.89.